The number of carbonyl (C=O) groups is 1. The quantitative estimate of drug-likeness (QED) is 0.571. The first kappa shape index (κ1) is 11.3. The van der Waals surface area contributed by atoms with Crippen LogP contribution in [0.1, 0.15) is 5.69 Å². The summed E-state index contributed by atoms with van der Waals surface area (Å²) >= 11 is 0. The third-order valence-corrected chi connectivity index (χ3v) is 2.16. The summed E-state index contributed by atoms with van der Waals surface area (Å²) in [5.41, 5.74) is 1.57. The Kier molecular flexibility index (Phi) is 3.13. The van der Waals surface area contributed by atoms with Gasteiger partial charge in [0.05, 0.1) is 18.4 Å². The van der Waals surface area contributed by atoms with E-state index >= 15 is 0 Å². The second-order valence-corrected chi connectivity index (χ2v) is 3.48. The normalized spacial score (nSPS) is 10.2. The molecule has 2 aromatic heterocycles. The molecular weight excluding hydrogens is 222 g/mol. The van der Waals surface area contributed by atoms with Gasteiger partial charge in [-0.2, -0.15) is 0 Å². The Hall–Kier alpha value is -2.24. The average molecular weight is 234 g/mol. The Bertz CT molecular complexity index is 519. The van der Waals surface area contributed by atoms with Crippen molar-refractivity contribution in [2.45, 2.75) is 13.5 Å². The number of rotatable bonds is 3. The number of hydrogen-bond donors (Lipinski definition) is 0. The van der Waals surface area contributed by atoms with Crippen molar-refractivity contribution in [2.24, 2.45) is 0 Å². The number of nitrogens with zero attached hydrogens (tertiary/aromatic N) is 3. The van der Waals surface area contributed by atoms with Gasteiger partial charge < -0.3 is 9.15 Å². The van der Waals surface area contributed by atoms with Crippen molar-refractivity contribution in [1.29, 1.82) is 0 Å². The summed E-state index contributed by atoms with van der Waals surface area (Å²) in [6, 6.07) is 1.78. The van der Waals surface area contributed by atoms with E-state index in [0.29, 0.717) is 5.89 Å². The van der Waals surface area contributed by atoms with E-state index < -0.39 is 0 Å². The van der Waals surface area contributed by atoms with Gasteiger partial charge in [0.15, 0.2) is 6.20 Å². The summed E-state index contributed by atoms with van der Waals surface area (Å²) in [6.07, 6.45) is 4.84. The molecule has 0 N–H and O–H groups in total. The molecule has 6 heteroatoms. The second-order valence-electron chi connectivity index (χ2n) is 3.48. The second kappa shape index (κ2) is 4.73. The summed E-state index contributed by atoms with van der Waals surface area (Å²) in [5, 5.41) is 4.07. The third kappa shape index (κ3) is 2.66. The van der Waals surface area contributed by atoms with Crippen LogP contribution in [0.2, 0.25) is 0 Å². The molecule has 0 atom stereocenters. The van der Waals surface area contributed by atoms with E-state index in [2.05, 4.69) is 14.8 Å². The maximum atomic E-state index is 11.0. The van der Waals surface area contributed by atoms with Gasteiger partial charge in [0.25, 0.3) is 6.54 Å². The van der Waals surface area contributed by atoms with Crippen LogP contribution in [0.25, 0.3) is 11.5 Å². The molecule has 0 saturated carbocycles. The highest BCUT2D eigenvalue weighted by atomic mass is 16.5. The van der Waals surface area contributed by atoms with E-state index in [1.807, 2.05) is 6.92 Å². The summed E-state index contributed by atoms with van der Waals surface area (Å²) in [4.78, 5) is 15.2. The SMILES string of the molecule is COC(=O)C[n+]1ccc(-c2nc(C)co2)cn1. The summed E-state index contributed by atoms with van der Waals surface area (Å²) in [6.45, 7) is 1.93. The van der Waals surface area contributed by atoms with Crippen molar-refractivity contribution in [3.05, 3.63) is 30.4 Å². The van der Waals surface area contributed by atoms with Gasteiger partial charge in [-0.1, -0.05) is 4.68 Å². The lowest BCUT2D eigenvalue weighted by molar-refractivity contribution is -0.743. The lowest BCUT2D eigenvalue weighted by atomic mass is 10.3. The predicted molar refractivity (Wildman–Crippen MR) is 56.7 cm³/mol. The van der Waals surface area contributed by atoms with Crippen molar-refractivity contribution < 1.29 is 18.6 Å². The number of ether oxygens (including phenoxy) is 1. The molecule has 0 amide bonds. The highest BCUT2D eigenvalue weighted by Crippen LogP contribution is 2.15. The largest absolute Gasteiger partial charge is 0.464 e. The van der Waals surface area contributed by atoms with E-state index in [0.717, 1.165) is 11.3 Å². The molecule has 17 heavy (non-hydrogen) atoms. The maximum Gasteiger partial charge on any atom is 0.374 e. The Balaban J connectivity index is 2.15. The van der Waals surface area contributed by atoms with E-state index in [1.165, 1.54) is 11.8 Å². The van der Waals surface area contributed by atoms with E-state index in [-0.39, 0.29) is 12.5 Å². The lowest BCUT2D eigenvalue weighted by Crippen LogP contribution is -2.41. The first-order chi connectivity index (χ1) is 8.19. The number of aryl methyl sites for hydroxylation is 1. The summed E-state index contributed by atoms with van der Waals surface area (Å²) < 4.78 is 11.3. The molecule has 6 nitrogen and oxygen atoms in total. The minimum atomic E-state index is -0.345. The molecule has 0 aliphatic carbocycles. The van der Waals surface area contributed by atoms with E-state index in [4.69, 9.17) is 4.42 Å². The van der Waals surface area contributed by atoms with Crippen molar-refractivity contribution in [1.82, 2.24) is 10.1 Å². The van der Waals surface area contributed by atoms with Crippen LogP contribution in [0.5, 0.6) is 0 Å². The third-order valence-electron chi connectivity index (χ3n) is 2.16. The van der Waals surface area contributed by atoms with Gasteiger partial charge in [0.1, 0.15) is 12.5 Å². The van der Waals surface area contributed by atoms with Crippen molar-refractivity contribution in [3.8, 4) is 11.5 Å². The molecular formula is C11H12N3O3+. The minimum absolute atomic E-state index is 0.0847. The van der Waals surface area contributed by atoms with Gasteiger partial charge in [-0.25, -0.2) is 9.78 Å². The van der Waals surface area contributed by atoms with Crippen LogP contribution in [-0.4, -0.2) is 23.2 Å². The Morgan fingerprint density at radius 1 is 1.59 bits per heavy atom. The first-order valence-corrected chi connectivity index (χ1v) is 5.04. The number of aromatic nitrogens is 3. The average Bonchev–Trinajstić information content (AvgIpc) is 2.77. The molecule has 0 saturated heterocycles. The molecule has 0 radical (unpaired) electrons. The molecule has 2 heterocycles. The van der Waals surface area contributed by atoms with Gasteiger partial charge in [-0.3, -0.25) is 0 Å². The van der Waals surface area contributed by atoms with Gasteiger partial charge in [-0.05, 0) is 12.0 Å². The Labute approximate surface area is 97.9 Å². The number of esters is 1. The van der Waals surface area contributed by atoms with Crippen LogP contribution in [0, 0.1) is 6.92 Å². The summed E-state index contributed by atoms with van der Waals surface area (Å²) in [7, 11) is 1.34. The van der Waals surface area contributed by atoms with Crippen LogP contribution >= 0.6 is 0 Å². The van der Waals surface area contributed by atoms with Gasteiger partial charge in [0.2, 0.25) is 5.89 Å². The monoisotopic (exact) mass is 234 g/mol. The lowest BCUT2D eigenvalue weighted by Gasteiger charge is -1.94. The molecule has 88 valence electrons. The molecule has 2 aromatic rings. The molecule has 2 rings (SSSR count). The van der Waals surface area contributed by atoms with Crippen LogP contribution in [0.4, 0.5) is 0 Å². The molecule has 0 aliphatic heterocycles. The fourth-order valence-electron chi connectivity index (χ4n) is 1.29. The standard InChI is InChI=1S/C11H12N3O3/c1-8-7-17-11(13-8)9-3-4-14(12-5-9)6-10(15)16-2/h3-5,7H,6H2,1-2H3/q+1. The smallest absolute Gasteiger partial charge is 0.374 e. The maximum absolute atomic E-state index is 11.0. The molecule has 0 spiro atoms. The highest BCUT2D eigenvalue weighted by Gasteiger charge is 2.12. The van der Waals surface area contributed by atoms with Crippen molar-refractivity contribution in [3.63, 3.8) is 0 Å². The zero-order valence-corrected chi connectivity index (χ0v) is 9.58. The van der Waals surface area contributed by atoms with Crippen LogP contribution in [0.15, 0.2) is 29.1 Å². The fraction of sp³-hybridized carbons (Fsp3) is 0.273. The molecule has 0 bridgehead atoms. The number of carbonyl (C=O) groups excluding carboxylic acids is 1. The summed E-state index contributed by atoms with van der Waals surface area (Å²) in [5.74, 6) is 0.169. The Morgan fingerprint density at radius 2 is 2.41 bits per heavy atom. The predicted octanol–water partition coefficient (Wildman–Crippen LogP) is 0.506. The highest BCUT2D eigenvalue weighted by molar-refractivity contribution is 5.67. The minimum Gasteiger partial charge on any atom is -0.464 e. The Morgan fingerprint density at radius 3 is 2.94 bits per heavy atom. The molecule has 0 fully saturated rings. The van der Waals surface area contributed by atoms with Crippen molar-refractivity contribution in [2.75, 3.05) is 7.11 Å². The van der Waals surface area contributed by atoms with Crippen LogP contribution < -0.4 is 4.68 Å². The molecule has 0 unspecified atom stereocenters. The first-order valence-electron chi connectivity index (χ1n) is 5.04. The number of hydrogen-bond acceptors (Lipinski definition) is 5. The molecule has 0 aromatic carbocycles. The zero-order valence-electron chi connectivity index (χ0n) is 9.58. The number of oxazole rings is 1. The van der Waals surface area contributed by atoms with Crippen molar-refractivity contribution >= 4 is 5.97 Å². The topological polar surface area (TPSA) is 69.1 Å². The van der Waals surface area contributed by atoms with Crippen LogP contribution in [-0.2, 0) is 16.1 Å². The van der Waals surface area contributed by atoms with Crippen LogP contribution in [0.3, 0.4) is 0 Å². The number of methoxy groups -OCH3 is 1. The zero-order chi connectivity index (χ0) is 12.3. The van der Waals surface area contributed by atoms with Gasteiger partial charge in [0, 0.05) is 6.07 Å². The van der Waals surface area contributed by atoms with E-state index in [9.17, 15) is 4.79 Å². The fourth-order valence-corrected chi connectivity index (χ4v) is 1.29. The van der Waals surface area contributed by atoms with Gasteiger partial charge in [-0.15, -0.1) is 0 Å². The molecule has 0 aliphatic rings. The van der Waals surface area contributed by atoms with E-state index in [1.54, 1.807) is 24.7 Å². The van der Waals surface area contributed by atoms with Gasteiger partial charge >= 0.3 is 5.97 Å².